The van der Waals surface area contributed by atoms with E-state index in [4.69, 9.17) is 9.84 Å². The number of benzene rings is 3. The minimum atomic E-state index is -0.958. The second-order valence-electron chi connectivity index (χ2n) is 9.30. The number of imide groups is 1. The molecule has 3 N–H and O–H groups in total. The number of imidazole rings is 1. The number of amides is 3. The third kappa shape index (κ3) is 5.34. The first kappa shape index (κ1) is 27.5. The molecule has 2 heterocycles. The van der Waals surface area contributed by atoms with Gasteiger partial charge < -0.3 is 20.1 Å². The molecule has 1 aliphatic rings. The lowest BCUT2D eigenvalue weighted by Gasteiger charge is -2.29. The predicted molar refractivity (Wildman–Crippen MR) is 146 cm³/mol. The summed E-state index contributed by atoms with van der Waals surface area (Å²) in [5, 5.41) is 11.7. The summed E-state index contributed by atoms with van der Waals surface area (Å²) in [5.41, 5.74) is 1.15. The molecule has 4 aromatic rings. The minimum absolute atomic E-state index is 0.0739. The molecule has 8 nitrogen and oxygen atoms in total. The minimum Gasteiger partial charge on any atom is -0.491 e. The predicted octanol–water partition coefficient (Wildman–Crippen LogP) is 5.63. The van der Waals surface area contributed by atoms with Crippen molar-refractivity contribution in [2.45, 2.75) is 24.9 Å². The molecule has 0 spiro atoms. The molecule has 0 aliphatic carbocycles. The number of halogens is 3. The summed E-state index contributed by atoms with van der Waals surface area (Å²) in [6.07, 6.45) is 1.29. The third-order valence-electron chi connectivity index (χ3n) is 6.77. The molecule has 1 fully saturated rings. The molecule has 1 unspecified atom stereocenters. The van der Waals surface area contributed by atoms with Gasteiger partial charge in [-0.1, -0.05) is 65.3 Å². The van der Waals surface area contributed by atoms with Crippen LogP contribution in [0.5, 0.6) is 5.75 Å². The van der Waals surface area contributed by atoms with Crippen molar-refractivity contribution >= 4 is 27.9 Å². The highest BCUT2D eigenvalue weighted by atomic mass is 79.9. The van der Waals surface area contributed by atoms with Gasteiger partial charge in [-0.3, -0.25) is 9.69 Å². The number of hydrogen-bond acceptors (Lipinski definition) is 5. The first-order chi connectivity index (χ1) is 19.3. The van der Waals surface area contributed by atoms with Crippen LogP contribution in [-0.2, 0) is 4.79 Å². The monoisotopic (exact) mass is 610 g/mol. The topological polar surface area (TPSA) is 108 Å². The summed E-state index contributed by atoms with van der Waals surface area (Å²) in [4.78, 5) is 35.5. The standard InChI is InChI=1S/C29H25BrF2N4O4/c1-16(17-5-3-2-4-6-17)26(27-33-15-23(34-27)24-21(31)13-19(30)14-22(24)32)36-28(38)25(35-29(36)39)18-7-9-20(10-8-18)40-12-11-37/h2-10,13-16,25-26,37H,11-12H2,1H3,(H,33,34)(H,35,39)/t16-,25?,26-/m0/s1. The van der Waals surface area contributed by atoms with E-state index in [0.717, 1.165) is 22.6 Å². The Hall–Kier alpha value is -4.09. The lowest BCUT2D eigenvalue weighted by Crippen LogP contribution is -2.38. The average molecular weight is 611 g/mol. The number of aromatic amines is 1. The Morgan fingerprint density at radius 2 is 1.75 bits per heavy atom. The van der Waals surface area contributed by atoms with E-state index >= 15 is 0 Å². The molecule has 0 radical (unpaired) electrons. The lowest BCUT2D eigenvalue weighted by molar-refractivity contribution is -0.129. The van der Waals surface area contributed by atoms with E-state index in [9.17, 15) is 18.4 Å². The molecule has 11 heteroatoms. The molecule has 206 valence electrons. The smallest absolute Gasteiger partial charge is 0.325 e. The number of nitrogens with zero attached hydrogens (tertiary/aromatic N) is 2. The van der Waals surface area contributed by atoms with E-state index in [2.05, 4.69) is 31.2 Å². The zero-order valence-corrected chi connectivity index (χ0v) is 22.9. The van der Waals surface area contributed by atoms with Crippen molar-refractivity contribution in [1.29, 1.82) is 0 Å². The molecular weight excluding hydrogens is 586 g/mol. The van der Waals surface area contributed by atoms with Crippen LogP contribution in [-0.4, -0.2) is 45.1 Å². The molecular formula is C29H25BrF2N4O4. The fraction of sp³-hybridized carbons (Fsp3) is 0.207. The van der Waals surface area contributed by atoms with Gasteiger partial charge in [0.15, 0.2) is 0 Å². The van der Waals surface area contributed by atoms with Gasteiger partial charge >= 0.3 is 6.03 Å². The zero-order chi connectivity index (χ0) is 28.4. The second-order valence-corrected chi connectivity index (χ2v) is 10.2. The first-order valence-electron chi connectivity index (χ1n) is 12.5. The molecule has 1 saturated heterocycles. The largest absolute Gasteiger partial charge is 0.491 e. The van der Waals surface area contributed by atoms with Crippen LogP contribution in [0.1, 0.15) is 41.9 Å². The van der Waals surface area contributed by atoms with Crippen molar-refractivity contribution in [2.75, 3.05) is 13.2 Å². The van der Waals surface area contributed by atoms with Crippen LogP contribution in [0.15, 0.2) is 77.4 Å². The summed E-state index contributed by atoms with van der Waals surface area (Å²) in [5.74, 6) is -1.81. The molecule has 3 atom stereocenters. The van der Waals surface area contributed by atoms with E-state index in [0.29, 0.717) is 11.3 Å². The molecule has 0 bridgehead atoms. The highest BCUT2D eigenvalue weighted by Gasteiger charge is 2.46. The van der Waals surface area contributed by atoms with Gasteiger partial charge in [0.05, 0.1) is 24.1 Å². The number of carbonyl (C=O) groups is 2. The second kappa shape index (κ2) is 11.6. The van der Waals surface area contributed by atoms with Gasteiger partial charge in [-0.15, -0.1) is 0 Å². The maximum absolute atomic E-state index is 14.7. The lowest BCUT2D eigenvalue weighted by atomic mass is 9.91. The Bertz CT molecular complexity index is 1510. The van der Waals surface area contributed by atoms with Gasteiger partial charge in [-0.05, 0) is 35.4 Å². The van der Waals surface area contributed by atoms with E-state index in [1.165, 1.54) is 6.20 Å². The van der Waals surface area contributed by atoms with Crippen LogP contribution in [0.2, 0.25) is 0 Å². The third-order valence-corrected chi connectivity index (χ3v) is 7.23. The zero-order valence-electron chi connectivity index (χ0n) is 21.3. The average Bonchev–Trinajstić information content (AvgIpc) is 3.53. The van der Waals surface area contributed by atoms with Gasteiger partial charge in [0, 0.05) is 10.4 Å². The van der Waals surface area contributed by atoms with E-state index in [1.54, 1.807) is 24.3 Å². The van der Waals surface area contributed by atoms with Crippen molar-refractivity contribution in [3.8, 4) is 17.0 Å². The van der Waals surface area contributed by atoms with E-state index < -0.39 is 41.6 Å². The molecule has 1 aliphatic heterocycles. The van der Waals surface area contributed by atoms with Crippen molar-refractivity contribution in [3.05, 3.63) is 106 Å². The highest BCUT2D eigenvalue weighted by molar-refractivity contribution is 9.10. The van der Waals surface area contributed by atoms with Crippen molar-refractivity contribution < 1.29 is 28.2 Å². The van der Waals surface area contributed by atoms with E-state index in [-0.39, 0.29) is 34.8 Å². The van der Waals surface area contributed by atoms with Crippen molar-refractivity contribution in [1.82, 2.24) is 20.2 Å². The molecule has 1 aromatic heterocycles. The Balaban J connectivity index is 1.52. The highest BCUT2D eigenvalue weighted by Crippen LogP contribution is 2.39. The maximum Gasteiger partial charge on any atom is 0.325 e. The Morgan fingerprint density at radius 1 is 1.07 bits per heavy atom. The van der Waals surface area contributed by atoms with Crippen molar-refractivity contribution in [3.63, 3.8) is 0 Å². The number of aromatic nitrogens is 2. The maximum atomic E-state index is 14.7. The number of carbonyl (C=O) groups excluding carboxylic acids is 2. The van der Waals surface area contributed by atoms with Gasteiger partial charge in [0.1, 0.15) is 41.9 Å². The summed E-state index contributed by atoms with van der Waals surface area (Å²) in [6.45, 7) is 1.85. The fourth-order valence-corrected chi connectivity index (χ4v) is 5.24. The van der Waals surface area contributed by atoms with Crippen LogP contribution in [0.25, 0.3) is 11.3 Å². The van der Waals surface area contributed by atoms with Crippen LogP contribution in [0.4, 0.5) is 13.6 Å². The normalized spacial score (nSPS) is 16.6. The van der Waals surface area contributed by atoms with Crippen LogP contribution >= 0.6 is 15.9 Å². The number of nitrogens with one attached hydrogen (secondary N) is 2. The summed E-state index contributed by atoms with van der Waals surface area (Å²) in [6, 6.07) is 15.7. The van der Waals surface area contributed by atoms with Crippen LogP contribution < -0.4 is 10.1 Å². The van der Waals surface area contributed by atoms with Gasteiger partial charge in [0.2, 0.25) is 0 Å². The number of H-pyrrole nitrogens is 1. The number of rotatable bonds is 9. The Morgan fingerprint density at radius 3 is 2.40 bits per heavy atom. The Labute approximate surface area is 237 Å². The SMILES string of the molecule is C[C@@H](c1ccccc1)[C@@H](c1ncc(-c2c(F)cc(Br)cc2F)[nH]1)N1C(=O)NC(c2ccc(OCCO)cc2)C1=O. The van der Waals surface area contributed by atoms with E-state index in [1.807, 2.05) is 37.3 Å². The van der Waals surface area contributed by atoms with Gasteiger partial charge in [0.25, 0.3) is 5.91 Å². The molecule has 5 rings (SSSR count). The number of ether oxygens (including phenoxy) is 1. The number of urea groups is 1. The molecule has 3 amide bonds. The molecule has 40 heavy (non-hydrogen) atoms. The fourth-order valence-electron chi connectivity index (χ4n) is 4.84. The van der Waals surface area contributed by atoms with Gasteiger partial charge in [-0.2, -0.15) is 0 Å². The number of aliphatic hydroxyl groups excluding tert-OH is 1. The number of aliphatic hydroxyl groups is 1. The van der Waals surface area contributed by atoms with Gasteiger partial charge in [-0.25, -0.2) is 18.6 Å². The summed E-state index contributed by atoms with van der Waals surface area (Å²) in [7, 11) is 0. The molecule has 0 saturated carbocycles. The summed E-state index contributed by atoms with van der Waals surface area (Å²) >= 11 is 3.08. The van der Waals surface area contributed by atoms with Crippen molar-refractivity contribution in [2.24, 2.45) is 0 Å². The number of hydrogen-bond donors (Lipinski definition) is 3. The quantitative estimate of drug-likeness (QED) is 0.213. The first-order valence-corrected chi connectivity index (χ1v) is 13.3. The molecule has 3 aromatic carbocycles. The van der Waals surface area contributed by atoms with Crippen LogP contribution in [0, 0.1) is 11.6 Å². The Kier molecular flexibility index (Phi) is 7.95. The van der Waals surface area contributed by atoms with Crippen LogP contribution in [0.3, 0.4) is 0 Å². The summed E-state index contributed by atoms with van der Waals surface area (Å²) < 4.78 is 35.1.